The Bertz CT molecular complexity index is 578. The quantitative estimate of drug-likeness (QED) is 0.825. The number of ether oxygens (including phenoxy) is 1. The van der Waals surface area contributed by atoms with Crippen molar-refractivity contribution in [2.24, 2.45) is 5.92 Å². The predicted octanol–water partition coefficient (Wildman–Crippen LogP) is 2.02. The van der Waals surface area contributed by atoms with E-state index in [1.807, 2.05) is 19.1 Å². The Morgan fingerprint density at radius 3 is 2.35 bits per heavy atom. The van der Waals surface area contributed by atoms with Crippen LogP contribution in [0.4, 0.5) is 0 Å². The molecule has 0 aromatic heterocycles. The number of sulfonamides is 1. The number of hydrogen-bond donors (Lipinski definition) is 1. The van der Waals surface area contributed by atoms with E-state index in [0.29, 0.717) is 17.4 Å². The first kappa shape index (κ1) is 18.4. The lowest BCUT2D eigenvalue weighted by molar-refractivity contribution is 0.0134. The molecule has 1 aliphatic heterocycles. The van der Waals surface area contributed by atoms with Crippen LogP contribution in [0.15, 0.2) is 29.2 Å². The van der Waals surface area contributed by atoms with Crippen LogP contribution >= 0.6 is 0 Å². The fourth-order valence-electron chi connectivity index (χ4n) is 2.85. The van der Waals surface area contributed by atoms with E-state index in [-0.39, 0.29) is 6.04 Å². The number of hydrogen-bond acceptors (Lipinski definition) is 4. The molecule has 5 nitrogen and oxygen atoms in total. The summed E-state index contributed by atoms with van der Waals surface area (Å²) in [4.78, 5) is 2.66. The van der Waals surface area contributed by atoms with Crippen LogP contribution in [0.1, 0.15) is 25.8 Å². The standard InChI is InChI=1S/C17H28N2O3S/c1-14(2)12-16(19-8-10-22-11-9-19)13-18-23(20,21)17-6-4-15(3)5-7-17/h4-7,14,16,18H,8-13H2,1-3H3/t16-/m0/s1. The van der Waals surface area contributed by atoms with Crippen molar-refractivity contribution >= 4 is 10.0 Å². The zero-order valence-electron chi connectivity index (χ0n) is 14.3. The van der Waals surface area contributed by atoms with Gasteiger partial charge in [0.15, 0.2) is 0 Å². The average Bonchev–Trinajstić information content (AvgIpc) is 2.52. The van der Waals surface area contributed by atoms with Gasteiger partial charge in [0.25, 0.3) is 0 Å². The van der Waals surface area contributed by atoms with Crippen molar-refractivity contribution in [1.82, 2.24) is 9.62 Å². The first-order chi connectivity index (χ1) is 10.9. The van der Waals surface area contributed by atoms with Gasteiger partial charge in [-0.15, -0.1) is 0 Å². The highest BCUT2D eigenvalue weighted by atomic mass is 32.2. The lowest BCUT2D eigenvalue weighted by Crippen LogP contribution is -2.49. The predicted molar refractivity (Wildman–Crippen MR) is 92.0 cm³/mol. The van der Waals surface area contributed by atoms with E-state index in [4.69, 9.17) is 4.74 Å². The molecule has 1 aliphatic rings. The third-order valence-electron chi connectivity index (χ3n) is 4.15. The maximum Gasteiger partial charge on any atom is 0.240 e. The van der Waals surface area contributed by atoms with E-state index in [9.17, 15) is 8.42 Å². The summed E-state index contributed by atoms with van der Waals surface area (Å²) in [6, 6.07) is 7.16. The van der Waals surface area contributed by atoms with E-state index in [1.54, 1.807) is 12.1 Å². The van der Waals surface area contributed by atoms with Crippen LogP contribution in [0.5, 0.6) is 0 Å². The second-order valence-electron chi connectivity index (χ2n) is 6.60. The highest BCUT2D eigenvalue weighted by Gasteiger charge is 2.24. The first-order valence-electron chi connectivity index (χ1n) is 8.26. The summed E-state index contributed by atoms with van der Waals surface area (Å²) in [6.45, 7) is 9.89. The van der Waals surface area contributed by atoms with E-state index in [1.165, 1.54) is 0 Å². The Morgan fingerprint density at radius 1 is 1.17 bits per heavy atom. The van der Waals surface area contributed by atoms with E-state index >= 15 is 0 Å². The van der Waals surface area contributed by atoms with Crippen LogP contribution in [0, 0.1) is 12.8 Å². The molecule has 130 valence electrons. The van der Waals surface area contributed by atoms with Crippen molar-refractivity contribution in [2.75, 3.05) is 32.8 Å². The Balaban J connectivity index is 2.02. The molecule has 2 rings (SSSR count). The Kier molecular flexibility index (Phi) is 6.59. The Morgan fingerprint density at radius 2 is 1.78 bits per heavy atom. The van der Waals surface area contributed by atoms with Gasteiger partial charge in [0, 0.05) is 25.7 Å². The maximum atomic E-state index is 12.5. The third-order valence-corrected chi connectivity index (χ3v) is 5.59. The topological polar surface area (TPSA) is 58.6 Å². The van der Waals surface area contributed by atoms with Gasteiger partial charge in [-0.05, 0) is 31.4 Å². The second kappa shape index (κ2) is 8.24. The van der Waals surface area contributed by atoms with Crippen LogP contribution in [-0.4, -0.2) is 52.2 Å². The van der Waals surface area contributed by atoms with Gasteiger partial charge in [0.1, 0.15) is 0 Å². The van der Waals surface area contributed by atoms with Gasteiger partial charge >= 0.3 is 0 Å². The largest absolute Gasteiger partial charge is 0.379 e. The lowest BCUT2D eigenvalue weighted by Gasteiger charge is -2.35. The van der Waals surface area contributed by atoms with Gasteiger partial charge in [-0.2, -0.15) is 0 Å². The van der Waals surface area contributed by atoms with Crippen LogP contribution in [0.2, 0.25) is 0 Å². The molecule has 0 amide bonds. The molecular formula is C17H28N2O3S. The van der Waals surface area contributed by atoms with E-state index in [0.717, 1.165) is 38.3 Å². The summed E-state index contributed by atoms with van der Waals surface area (Å²) in [6.07, 6.45) is 0.969. The molecule has 1 aromatic rings. The second-order valence-corrected chi connectivity index (χ2v) is 8.36. The third kappa shape index (κ3) is 5.57. The SMILES string of the molecule is Cc1ccc(S(=O)(=O)NC[C@H](CC(C)C)N2CCOCC2)cc1. The van der Waals surface area contributed by atoms with Crippen molar-refractivity contribution in [3.8, 4) is 0 Å². The molecule has 0 aliphatic carbocycles. The number of benzene rings is 1. The van der Waals surface area contributed by atoms with Crippen LogP contribution in [0.25, 0.3) is 0 Å². The number of nitrogens with zero attached hydrogens (tertiary/aromatic N) is 1. The molecule has 1 aromatic carbocycles. The van der Waals surface area contributed by atoms with Gasteiger partial charge in [-0.25, -0.2) is 13.1 Å². The van der Waals surface area contributed by atoms with Crippen molar-refractivity contribution in [3.63, 3.8) is 0 Å². The summed E-state index contributed by atoms with van der Waals surface area (Å²) in [5, 5.41) is 0. The minimum Gasteiger partial charge on any atom is -0.379 e. The fraction of sp³-hybridized carbons (Fsp3) is 0.647. The average molecular weight is 340 g/mol. The monoisotopic (exact) mass is 340 g/mol. The smallest absolute Gasteiger partial charge is 0.240 e. The zero-order valence-corrected chi connectivity index (χ0v) is 15.1. The minimum atomic E-state index is -3.45. The summed E-state index contributed by atoms with van der Waals surface area (Å²) < 4.78 is 33.1. The Labute approximate surface area is 140 Å². The van der Waals surface area contributed by atoms with Crippen molar-refractivity contribution in [3.05, 3.63) is 29.8 Å². The van der Waals surface area contributed by atoms with E-state index < -0.39 is 10.0 Å². The van der Waals surface area contributed by atoms with E-state index in [2.05, 4.69) is 23.5 Å². The molecule has 0 bridgehead atoms. The van der Waals surface area contributed by atoms with Gasteiger partial charge in [0.05, 0.1) is 18.1 Å². The Hall–Kier alpha value is -0.950. The van der Waals surface area contributed by atoms with Gasteiger partial charge in [-0.3, -0.25) is 4.90 Å². The molecule has 1 saturated heterocycles. The molecule has 1 fully saturated rings. The molecule has 0 unspecified atom stereocenters. The zero-order chi connectivity index (χ0) is 16.9. The summed E-state index contributed by atoms with van der Waals surface area (Å²) >= 11 is 0. The molecule has 23 heavy (non-hydrogen) atoms. The highest BCUT2D eigenvalue weighted by Crippen LogP contribution is 2.15. The number of nitrogens with one attached hydrogen (secondary N) is 1. The molecule has 1 atom stereocenters. The maximum absolute atomic E-state index is 12.5. The summed E-state index contributed by atoms with van der Waals surface area (Å²) in [7, 11) is -3.45. The van der Waals surface area contributed by atoms with Gasteiger partial charge in [-0.1, -0.05) is 31.5 Å². The summed E-state index contributed by atoms with van der Waals surface area (Å²) in [5.74, 6) is 0.520. The van der Waals surface area contributed by atoms with Crippen LogP contribution in [-0.2, 0) is 14.8 Å². The molecular weight excluding hydrogens is 312 g/mol. The van der Waals surface area contributed by atoms with Crippen molar-refractivity contribution in [1.29, 1.82) is 0 Å². The lowest BCUT2D eigenvalue weighted by atomic mass is 10.0. The molecule has 0 saturated carbocycles. The number of morpholine rings is 1. The molecule has 1 heterocycles. The van der Waals surface area contributed by atoms with Crippen molar-refractivity contribution < 1.29 is 13.2 Å². The van der Waals surface area contributed by atoms with Crippen LogP contribution in [0.3, 0.4) is 0 Å². The van der Waals surface area contributed by atoms with Crippen LogP contribution < -0.4 is 4.72 Å². The number of aryl methyl sites for hydroxylation is 1. The minimum absolute atomic E-state index is 0.208. The van der Waals surface area contributed by atoms with Crippen molar-refractivity contribution in [2.45, 2.75) is 38.1 Å². The molecule has 6 heteroatoms. The fourth-order valence-corrected chi connectivity index (χ4v) is 3.93. The van der Waals surface area contributed by atoms with Gasteiger partial charge in [0.2, 0.25) is 10.0 Å². The van der Waals surface area contributed by atoms with Gasteiger partial charge < -0.3 is 4.74 Å². The molecule has 0 radical (unpaired) electrons. The normalized spacial score (nSPS) is 18.3. The first-order valence-corrected chi connectivity index (χ1v) is 9.75. The molecule has 0 spiro atoms. The summed E-state index contributed by atoms with van der Waals surface area (Å²) in [5.41, 5.74) is 1.05. The molecule has 1 N–H and O–H groups in total. The highest BCUT2D eigenvalue weighted by molar-refractivity contribution is 7.89. The number of rotatable bonds is 7.